The topological polar surface area (TPSA) is 17.1 Å². The molecule has 0 spiro atoms. The Balaban J connectivity index is 2.65. The highest BCUT2D eigenvalue weighted by atomic mass is 19.2. The van der Waals surface area contributed by atoms with Gasteiger partial charge in [-0.25, -0.2) is 22.0 Å². The molecule has 1 aromatic rings. The maximum Gasteiger partial charge on any atom is 0.200 e. The van der Waals surface area contributed by atoms with Gasteiger partial charge < -0.3 is 0 Å². The Labute approximate surface area is 86.9 Å². The molecule has 0 aromatic heterocycles. The quantitative estimate of drug-likeness (QED) is 0.416. The fraction of sp³-hybridized carbons (Fsp3) is 0.300. The van der Waals surface area contributed by atoms with Crippen molar-refractivity contribution in [1.29, 1.82) is 0 Å². The number of carbonyl (C=O) groups excluding carboxylic acids is 1. The highest BCUT2D eigenvalue weighted by molar-refractivity contribution is 5.91. The van der Waals surface area contributed by atoms with E-state index in [0.29, 0.717) is 0 Å². The summed E-state index contributed by atoms with van der Waals surface area (Å²) in [7, 11) is 0. The second-order valence-corrected chi connectivity index (χ2v) is 3.54. The zero-order chi connectivity index (χ0) is 12.0. The van der Waals surface area contributed by atoms with Gasteiger partial charge in [0.15, 0.2) is 23.3 Å². The van der Waals surface area contributed by atoms with Gasteiger partial charge in [0.1, 0.15) is 5.78 Å². The van der Waals surface area contributed by atoms with Crippen LogP contribution in [0.25, 0.3) is 0 Å². The van der Waals surface area contributed by atoms with E-state index in [1.54, 1.807) is 0 Å². The van der Waals surface area contributed by atoms with Gasteiger partial charge >= 0.3 is 0 Å². The molecule has 1 unspecified atom stereocenters. The van der Waals surface area contributed by atoms with Crippen LogP contribution >= 0.6 is 0 Å². The van der Waals surface area contributed by atoms with Crippen molar-refractivity contribution in [1.82, 2.24) is 0 Å². The Morgan fingerprint density at radius 2 is 1.25 bits per heavy atom. The number of ketones is 1. The van der Waals surface area contributed by atoms with E-state index in [9.17, 15) is 26.7 Å². The fourth-order valence-electron chi connectivity index (χ4n) is 1.64. The Morgan fingerprint density at radius 1 is 0.812 bits per heavy atom. The van der Waals surface area contributed by atoms with Crippen LogP contribution in [0.2, 0.25) is 0 Å². The number of carbonyl (C=O) groups is 1. The number of halogens is 5. The first kappa shape index (κ1) is 11.0. The van der Waals surface area contributed by atoms with Crippen molar-refractivity contribution in [2.45, 2.75) is 18.8 Å². The highest BCUT2D eigenvalue weighted by Gasteiger charge is 2.38. The first-order valence-corrected chi connectivity index (χ1v) is 4.49. The Bertz CT molecular complexity index is 454. The minimum Gasteiger partial charge on any atom is -0.299 e. The van der Waals surface area contributed by atoms with Crippen LogP contribution in [0.1, 0.15) is 24.3 Å². The lowest BCUT2D eigenvalue weighted by atomic mass is 9.78. The Hall–Kier alpha value is -1.46. The van der Waals surface area contributed by atoms with Gasteiger partial charge in [0.05, 0.1) is 0 Å². The molecule has 2 rings (SSSR count). The third-order valence-corrected chi connectivity index (χ3v) is 2.66. The van der Waals surface area contributed by atoms with Crippen molar-refractivity contribution in [2.75, 3.05) is 0 Å². The van der Waals surface area contributed by atoms with Crippen molar-refractivity contribution in [3.8, 4) is 0 Å². The second-order valence-electron chi connectivity index (χ2n) is 3.54. The van der Waals surface area contributed by atoms with Gasteiger partial charge in [0.2, 0.25) is 5.82 Å². The lowest BCUT2D eigenvalue weighted by Crippen LogP contribution is -2.26. The van der Waals surface area contributed by atoms with Crippen molar-refractivity contribution in [2.24, 2.45) is 0 Å². The van der Waals surface area contributed by atoms with Gasteiger partial charge in [0, 0.05) is 17.9 Å². The van der Waals surface area contributed by atoms with Crippen LogP contribution in [0.4, 0.5) is 22.0 Å². The first-order valence-electron chi connectivity index (χ1n) is 4.49. The summed E-state index contributed by atoms with van der Waals surface area (Å²) in [5.41, 5.74) is -1.01. The Kier molecular flexibility index (Phi) is 2.44. The molecule has 0 amide bonds. The summed E-state index contributed by atoms with van der Waals surface area (Å²) < 4.78 is 64.6. The first-order chi connectivity index (χ1) is 7.45. The fourth-order valence-corrected chi connectivity index (χ4v) is 1.64. The summed E-state index contributed by atoms with van der Waals surface area (Å²) in [6, 6.07) is 0. The SMILES string of the molecule is O=C1CCC1c1c(F)c(F)c(F)c(F)c1F. The number of benzene rings is 1. The molecule has 0 saturated heterocycles. The molecule has 1 aliphatic rings. The van der Waals surface area contributed by atoms with E-state index in [4.69, 9.17) is 0 Å². The molecule has 1 saturated carbocycles. The van der Waals surface area contributed by atoms with Gasteiger partial charge in [0.25, 0.3) is 0 Å². The van der Waals surface area contributed by atoms with E-state index in [2.05, 4.69) is 0 Å². The molecule has 0 aliphatic heterocycles. The largest absolute Gasteiger partial charge is 0.299 e. The van der Waals surface area contributed by atoms with Gasteiger partial charge in [-0.3, -0.25) is 4.79 Å². The van der Waals surface area contributed by atoms with E-state index >= 15 is 0 Å². The summed E-state index contributed by atoms with van der Waals surface area (Å²) in [5.74, 6) is -11.7. The zero-order valence-corrected chi connectivity index (χ0v) is 7.79. The number of Topliss-reactive ketones (excluding diaryl/α,β-unsaturated/α-hetero) is 1. The second kappa shape index (κ2) is 3.54. The third kappa shape index (κ3) is 1.32. The molecule has 6 heteroatoms. The summed E-state index contributed by atoms with van der Waals surface area (Å²) in [6.45, 7) is 0. The molecule has 1 aromatic carbocycles. The van der Waals surface area contributed by atoms with Crippen molar-refractivity contribution < 1.29 is 26.7 Å². The van der Waals surface area contributed by atoms with Gasteiger partial charge in [-0.05, 0) is 6.42 Å². The summed E-state index contributed by atoms with van der Waals surface area (Å²) in [5, 5.41) is 0. The van der Waals surface area contributed by atoms with E-state index < -0.39 is 46.4 Å². The van der Waals surface area contributed by atoms with Crippen molar-refractivity contribution >= 4 is 5.78 Å². The van der Waals surface area contributed by atoms with Crippen molar-refractivity contribution in [3.05, 3.63) is 34.6 Å². The van der Waals surface area contributed by atoms with Crippen LogP contribution < -0.4 is 0 Å². The van der Waals surface area contributed by atoms with E-state index in [1.165, 1.54) is 0 Å². The predicted octanol–water partition coefficient (Wildman–Crippen LogP) is 2.83. The summed E-state index contributed by atoms with van der Waals surface area (Å²) in [6.07, 6.45) is 0.210. The summed E-state index contributed by atoms with van der Waals surface area (Å²) >= 11 is 0. The number of hydrogen-bond donors (Lipinski definition) is 0. The van der Waals surface area contributed by atoms with E-state index in [1.807, 2.05) is 0 Å². The van der Waals surface area contributed by atoms with E-state index in [0.717, 1.165) is 0 Å². The van der Waals surface area contributed by atoms with Crippen LogP contribution in [0.3, 0.4) is 0 Å². The van der Waals surface area contributed by atoms with Gasteiger partial charge in [-0.2, -0.15) is 0 Å². The monoisotopic (exact) mass is 236 g/mol. The number of hydrogen-bond acceptors (Lipinski definition) is 1. The molecule has 0 N–H and O–H groups in total. The maximum atomic E-state index is 13.2. The maximum absolute atomic E-state index is 13.2. The summed E-state index contributed by atoms with van der Waals surface area (Å²) in [4.78, 5) is 11.0. The van der Waals surface area contributed by atoms with Crippen LogP contribution in [0.15, 0.2) is 0 Å². The zero-order valence-electron chi connectivity index (χ0n) is 7.79. The average Bonchev–Trinajstić information content (AvgIpc) is 2.27. The lowest BCUT2D eigenvalue weighted by molar-refractivity contribution is -0.125. The number of rotatable bonds is 1. The van der Waals surface area contributed by atoms with Crippen LogP contribution in [0.5, 0.6) is 0 Å². The molecular weight excluding hydrogens is 231 g/mol. The molecule has 16 heavy (non-hydrogen) atoms. The normalized spacial score (nSPS) is 19.8. The van der Waals surface area contributed by atoms with Crippen molar-refractivity contribution in [3.63, 3.8) is 0 Å². The average molecular weight is 236 g/mol. The van der Waals surface area contributed by atoms with Crippen LogP contribution in [-0.4, -0.2) is 5.78 Å². The molecular formula is C10H5F5O. The molecule has 0 bridgehead atoms. The molecule has 1 atom stereocenters. The molecule has 1 nitrogen and oxygen atoms in total. The van der Waals surface area contributed by atoms with E-state index in [-0.39, 0.29) is 12.8 Å². The smallest absolute Gasteiger partial charge is 0.200 e. The predicted molar refractivity (Wildman–Crippen MR) is 43.2 cm³/mol. The molecule has 0 radical (unpaired) electrons. The Morgan fingerprint density at radius 3 is 1.56 bits per heavy atom. The molecule has 86 valence electrons. The standard InChI is InChI=1S/C10H5F5O/c11-6-5(3-1-2-4(3)16)7(12)9(14)10(15)8(6)13/h3H,1-2H2. The van der Waals surface area contributed by atoms with Crippen LogP contribution in [0, 0.1) is 29.1 Å². The van der Waals surface area contributed by atoms with Gasteiger partial charge in [-0.1, -0.05) is 0 Å². The minimum atomic E-state index is -2.20. The van der Waals surface area contributed by atoms with Gasteiger partial charge in [-0.15, -0.1) is 0 Å². The molecule has 1 aliphatic carbocycles. The highest BCUT2D eigenvalue weighted by Crippen LogP contribution is 2.38. The molecule has 1 fully saturated rings. The third-order valence-electron chi connectivity index (χ3n) is 2.66. The van der Waals surface area contributed by atoms with Crippen LogP contribution in [-0.2, 0) is 4.79 Å². The lowest BCUT2D eigenvalue weighted by Gasteiger charge is -2.25. The minimum absolute atomic E-state index is 0.101. The molecule has 0 heterocycles.